The second kappa shape index (κ2) is 9.77. The number of esters is 1. The van der Waals surface area contributed by atoms with Crippen LogP contribution in [0.5, 0.6) is 0 Å². The Balaban J connectivity index is 2.62. The number of carbonyl (C=O) groups is 2. The number of rotatable bonds is 8. The van der Waals surface area contributed by atoms with Crippen LogP contribution in [0.3, 0.4) is 0 Å². The van der Waals surface area contributed by atoms with E-state index in [9.17, 15) is 9.59 Å². The summed E-state index contributed by atoms with van der Waals surface area (Å²) in [6, 6.07) is 8.94. The van der Waals surface area contributed by atoms with Gasteiger partial charge in [0, 0.05) is 6.08 Å². The summed E-state index contributed by atoms with van der Waals surface area (Å²) in [5, 5.41) is 2.73. The molecule has 1 rings (SSSR count). The Morgan fingerprint density at radius 2 is 1.91 bits per heavy atom. The number of amides is 1. The summed E-state index contributed by atoms with van der Waals surface area (Å²) >= 11 is 0. The molecule has 1 N–H and O–H groups in total. The molecule has 1 aromatic rings. The van der Waals surface area contributed by atoms with Crippen molar-refractivity contribution in [2.75, 3.05) is 6.61 Å². The van der Waals surface area contributed by atoms with Crippen molar-refractivity contribution in [2.45, 2.75) is 39.7 Å². The van der Waals surface area contributed by atoms with E-state index in [2.05, 4.69) is 5.32 Å². The first-order chi connectivity index (χ1) is 10.5. The zero-order valence-electron chi connectivity index (χ0n) is 13.5. The topological polar surface area (TPSA) is 55.4 Å². The fourth-order valence-corrected chi connectivity index (χ4v) is 1.94. The highest BCUT2D eigenvalue weighted by atomic mass is 16.5. The molecule has 22 heavy (non-hydrogen) atoms. The normalized spacial score (nSPS) is 12.4. The summed E-state index contributed by atoms with van der Waals surface area (Å²) in [4.78, 5) is 24.0. The van der Waals surface area contributed by atoms with Gasteiger partial charge in [-0.3, -0.25) is 4.79 Å². The third kappa shape index (κ3) is 7.07. The van der Waals surface area contributed by atoms with E-state index in [-0.39, 0.29) is 17.8 Å². The highest BCUT2D eigenvalue weighted by Crippen LogP contribution is 2.07. The Labute approximate surface area is 132 Å². The highest BCUT2D eigenvalue weighted by molar-refractivity contribution is 5.94. The molecule has 0 unspecified atom stereocenters. The third-order valence-corrected chi connectivity index (χ3v) is 2.98. The number of carbonyl (C=O) groups excluding carboxylic acids is 2. The molecular formula is C18H25NO3. The minimum Gasteiger partial charge on any atom is -0.464 e. The molecule has 0 aliphatic rings. The van der Waals surface area contributed by atoms with Crippen molar-refractivity contribution >= 4 is 18.0 Å². The highest BCUT2D eigenvalue weighted by Gasteiger charge is 2.22. The van der Waals surface area contributed by atoms with Crippen LogP contribution in [-0.4, -0.2) is 24.5 Å². The molecule has 0 fully saturated rings. The fourth-order valence-electron chi connectivity index (χ4n) is 1.94. The van der Waals surface area contributed by atoms with E-state index < -0.39 is 6.04 Å². The summed E-state index contributed by atoms with van der Waals surface area (Å²) in [5.74, 6) is -0.363. The summed E-state index contributed by atoms with van der Waals surface area (Å²) in [6.45, 7) is 6.33. The van der Waals surface area contributed by atoms with Crippen molar-refractivity contribution in [3.8, 4) is 0 Å². The Kier molecular flexibility index (Phi) is 7.97. The summed E-state index contributed by atoms with van der Waals surface area (Å²) in [6.07, 6.45) is 4.49. The average Bonchev–Trinajstić information content (AvgIpc) is 2.50. The van der Waals surface area contributed by atoms with Crippen LogP contribution in [0.2, 0.25) is 0 Å². The molecule has 0 spiro atoms. The molecule has 0 aromatic heterocycles. The predicted molar refractivity (Wildman–Crippen MR) is 88.1 cm³/mol. The number of benzene rings is 1. The van der Waals surface area contributed by atoms with Crippen molar-refractivity contribution in [1.29, 1.82) is 0 Å². The van der Waals surface area contributed by atoms with E-state index in [0.717, 1.165) is 12.0 Å². The van der Waals surface area contributed by atoms with Gasteiger partial charge < -0.3 is 10.1 Å². The standard InChI is InChI=1S/C18H25NO3/c1-4-12-22-18(21)16(13-14(2)3)19-17(20)11-10-15-8-6-5-7-9-15/h5-11,14,16H,4,12-13H2,1-3H3,(H,19,20)/b11-10+/t16-/m1/s1. The van der Waals surface area contributed by atoms with Crippen molar-refractivity contribution in [3.63, 3.8) is 0 Å². The summed E-state index contributed by atoms with van der Waals surface area (Å²) in [5.41, 5.74) is 0.937. The molecule has 0 aliphatic heterocycles. The summed E-state index contributed by atoms with van der Waals surface area (Å²) < 4.78 is 5.14. The molecule has 1 atom stereocenters. The molecular weight excluding hydrogens is 278 g/mol. The monoisotopic (exact) mass is 303 g/mol. The minimum atomic E-state index is -0.598. The SMILES string of the molecule is CCCOC(=O)[C@@H](CC(C)C)NC(=O)/C=C/c1ccccc1. The number of hydrogen-bond donors (Lipinski definition) is 1. The lowest BCUT2D eigenvalue weighted by Crippen LogP contribution is -2.42. The lowest BCUT2D eigenvalue weighted by Gasteiger charge is -2.18. The van der Waals surface area contributed by atoms with Gasteiger partial charge in [-0.25, -0.2) is 4.79 Å². The fraction of sp³-hybridized carbons (Fsp3) is 0.444. The van der Waals surface area contributed by atoms with Crippen LogP contribution in [0.15, 0.2) is 36.4 Å². The van der Waals surface area contributed by atoms with Crippen LogP contribution in [0.25, 0.3) is 6.08 Å². The van der Waals surface area contributed by atoms with Crippen molar-refractivity contribution in [3.05, 3.63) is 42.0 Å². The quantitative estimate of drug-likeness (QED) is 0.593. The average molecular weight is 303 g/mol. The first-order valence-electron chi connectivity index (χ1n) is 7.73. The van der Waals surface area contributed by atoms with E-state index in [1.165, 1.54) is 6.08 Å². The molecule has 0 saturated heterocycles. The van der Waals surface area contributed by atoms with Gasteiger partial charge in [0.15, 0.2) is 0 Å². The van der Waals surface area contributed by atoms with Crippen LogP contribution in [-0.2, 0) is 14.3 Å². The Morgan fingerprint density at radius 3 is 2.50 bits per heavy atom. The van der Waals surface area contributed by atoms with Crippen molar-refractivity contribution < 1.29 is 14.3 Å². The zero-order chi connectivity index (χ0) is 16.4. The molecule has 1 amide bonds. The molecule has 120 valence electrons. The predicted octanol–water partition coefficient (Wildman–Crippen LogP) is 3.18. The Hall–Kier alpha value is -2.10. The summed E-state index contributed by atoms with van der Waals surface area (Å²) in [7, 11) is 0. The van der Waals surface area contributed by atoms with Gasteiger partial charge in [0.25, 0.3) is 0 Å². The second-order valence-corrected chi connectivity index (χ2v) is 5.60. The zero-order valence-corrected chi connectivity index (χ0v) is 13.5. The van der Waals surface area contributed by atoms with Gasteiger partial charge in [-0.15, -0.1) is 0 Å². The molecule has 0 bridgehead atoms. The van der Waals surface area contributed by atoms with Gasteiger partial charge in [-0.05, 0) is 30.4 Å². The molecule has 1 aromatic carbocycles. The second-order valence-electron chi connectivity index (χ2n) is 5.60. The van der Waals surface area contributed by atoms with Crippen LogP contribution >= 0.6 is 0 Å². The molecule has 0 aliphatic carbocycles. The van der Waals surface area contributed by atoms with E-state index >= 15 is 0 Å². The molecule has 0 heterocycles. The molecule has 4 heteroatoms. The largest absolute Gasteiger partial charge is 0.464 e. The van der Waals surface area contributed by atoms with E-state index in [4.69, 9.17) is 4.74 Å². The van der Waals surface area contributed by atoms with Crippen LogP contribution < -0.4 is 5.32 Å². The maximum Gasteiger partial charge on any atom is 0.328 e. The Bertz CT molecular complexity index is 494. The maximum atomic E-state index is 12.0. The molecule has 0 saturated carbocycles. The van der Waals surface area contributed by atoms with E-state index in [1.54, 1.807) is 6.08 Å². The van der Waals surface area contributed by atoms with Gasteiger partial charge in [-0.2, -0.15) is 0 Å². The van der Waals surface area contributed by atoms with Crippen LogP contribution in [0.4, 0.5) is 0 Å². The lowest BCUT2D eigenvalue weighted by molar-refractivity contribution is -0.148. The van der Waals surface area contributed by atoms with Crippen molar-refractivity contribution in [2.24, 2.45) is 5.92 Å². The minimum absolute atomic E-state index is 0.289. The van der Waals surface area contributed by atoms with Gasteiger partial charge in [0.05, 0.1) is 6.61 Å². The van der Waals surface area contributed by atoms with E-state index in [0.29, 0.717) is 13.0 Å². The smallest absolute Gasteiger partial charge is 0.328 e. The van der Waals surface area contributed by atoms with Gasteiger partial charge >= 0.3 is 5.97 Å². The number of nitrogens with one attached hydrogen (secondary N) is 1. The van der Waals surface area contributed by atoms with Gasteiger partial charge in [0.1, 0.15) is 6.04 Å². The van der Waals surface area contributed by atoms with Crippen LogP contribution in [0.1, 0.15) is 39.2 Å². The van der Waals surface area contributed by atoms with Gasteiger partial charge in [-0.1, -0.05) is 51.1 Å². The third-order valence-electron chi connectivity index (χ3n) is 2.98. The maximum absolute atomic E-state index is 12.0. The first kappa shape index (κ1) is 18.0. The Morgan fingerprint density at radius 1 is 1.23 bits per heavy atom. The molecule has 4 nitrogen and oxygen atoms in total. The number of hydrogen-bond acceptors (Lipinski definition) is 3. The lowest BCUT2D eigenvalue weighted by atomic mass is 10.0. The first-order valence-corrected chi connectivity index (χ1v) is 7.73. The van der Waals surface area contributed by atoms with Gasteiger partial charge in [0.2, 0.25) is 5.91 Å². The van der Waals surface area contributed by atoms with E-state index in [1.807, 2.05) is 51.1 Å². The molecule has 0 radical (unpaired) electrons. The van der Waals surface area contributed by atoms with Crippen LogP contribution in [0, 0.1) is 5.92 Å². The number of ether oxygens (including phenoxy) is 1. The van der Waals surface area contributed by atoms with Crippen molar-refractivity contribution in [1.82, 2.24) is 5.32 Å².